The fraction of sp³-hybridized carbons (Fsp3) is 0.133. The Morgan fingerprint density at radius 2 is 1.95 bits per heavy atom. The second kappa shape index (κ2) is 5.04. The fourth-order valence-electron chi connectivity index (χ4n) is 2.18. The second-order valence-corrected chi connectivity index (χ2v) is 5.93. The van der Waals surface area contributed by atoms with E-state index in [0.29, 0.717) is 5.56 Å². The number of aryl methyl sites for hydroxylation is 1. The minimum atomic E-state index is 0.264. The van der Waals surface area contributed by atoms with E-state index in [2.05, 4.69) is 22.1 Å². The lowest BCUT2D eigenvalue weighted by atomic mass is 10.2. The molecule has 0 radical (unpaired) electrons. The summed E-state index contributed by atoms with van der Waals surface area (Å²) >= 11 is 1.60. The molecule has 0 unspecified atom stereocenters. The van der Waals surface area contributed by atoms with E-state index in [1.165, 1.54) is 4.88 Å². The van der Waals surface area contributed by atoms with Crippen LogP contribution in [0.5, 0.6) is 0 Å². The summed E-state index contributed by atoms with van der Waals surface area (Å²) in [6, 6.07) is 11.5. The maximum Gasteiger partial charge on any atom is 0.223 e. The highest BCUT2D eigenvalue weighted by molar-refractivity contribution is 7.18. The van der Waals surface area contributed by atoms with Crippen LogP contribution in [0, 0.1) is 18.3 Å². The molecule has 0 atom stereocenters. The zero-order valence-corrected chi connectivity index (χ0v) is 12.5. The number of hydrogen-bond donors (Lipinski definition) is 1. The summed E-state index contributed by atoms with van der Waals surface area (Å²) in [5, 5.41) is 9.85. The van der Waals surface area contributed by atoms with E-state index in [4.69, 9.17) is 11.0 Å². The molecule has 0 aliphatic carbocycles. The van der Waals surface area contributed by atoms with Gasteiger partial charge in [0, 0.05) is 17.6 Å². The van der Waals surface area contributed by atoms with Gasteiger partial charge in [-0.15, -0.1) is 11.3 Å². The number of nitrogen functional groups attached to an aromatic ring is 1. The molecule has 0 spiro atoms. The third-order valence-corrected chi connectivity index (χ3v) is 4.16. The summed E-state index contributed by atoms with van der Waals surface area (Å²) in [7, 11) is 1.93. The SMILES string of the molecule is Cc1cc2c(N(C)c3ccc(C#N)cc3)nc(N)nc2s1. The maximum absolute atomic E-state index is 8.87. The molecule has 0 fully saturated rings. The lowest BCUT2D eigenvalue weighted by molar-refractivity contribution is 1.12. The smallest absolute Gasteiger partial charge is 0.223 e. The number of anilines is 3. The maximum atomic E-state index is 8.87. The summed E-state index contributed by atoms with van der Waals surface area (Å²) in [5.74, 6) is 1.03. The lowest BCUT2D eigenvalue weighted by Crippen LogP contribution is -2.13. The van der Waals surface area contributed by atoms with Crippen molar-refractivity contribution < 1.29 is 0 Å². The van der Waals surface area contributed by atoms with Crippen molar-refractivity contribution in [3.05, 3.63) is 40.8 Å². The van der Waals surface area contributed by atoms with Crippen LogP contribution in [-0.4, -0.2) is 17.0 Å². The van der Waals surface area contributed by atoms with E-state index in [1.807, 2.05) is 31.0 Å². The van der Waals surface area contributed by atoms with Gasteiger partial charge < -0.3 is 10.6 Å². The number of nitrogens with zero attached hydrogens (tertiary/aromatic N) is 4. The standard InChI is InChI=1S/C15H13N5S/c1-9-7-12-13(18-15(17)19-14(12)21-9)20(2)11-5-3-10(8-16)4-6-11/h3-7H,1-2H3,(H2,17,18,19). The monoisotopic (exact) mass is 295 g/mol. The minimum Gasteiger partial charge on any atom is -0.368 e. The molecule has 3 rings (SSSR count). The van der Waals surface area contributed by atoms with Gasteiger partial charge in [0.15, 0.2) is 0 Å². The van der Waals surface area contributed by atoms with Crippen LogP contribution in [0.1, 0.15) is 10.4 Å². The fourth-order valence-corrected chi connectivity index (χ4v) is 3.06. The molecule has 2 aromatic heterocycles. The molecule has 3 aromatic rings. The van der Waals surface area contributed by atoms with Crippen molar-refractivity contribution in [2.45, 2.75) is 6.92 Å². The predicted molar refractivity (Wildman–Crippen MR) is 85.8 cm³/mol. The number of thiophene rings is 1. The highest BCUT2D eigenvalue weighted by atomic mass is 32.1. The average molecular weight is 295 g/mol. The molecule has 0 bridgehead atoms. The molecule has 0 amide bonds. The van der Waals surface area contributed by atoms with Crippen LogP contribution in [0.3, 0.4) is 0 Å². The minimum absolute atomic E-state index is 0.264. The van der Waals surface area contributed by atoms with Crippen LogP contribution >= 0.6 is 11.3 Å². The van der Waals surface area contributed by atoms with Gasteiger partial charge in [-0.05, 0) is 37.3 Å². The Labute approximate surface area is 126 Å². The summed E-state index contributed by atoms with van der Waals surface area (Å²) in [5.41, 5.74) is 7.38. The van der Waals surface area contributed by atoms with E-state index in [-0.39, 0.29) is 5.95 Å². The van der Waals surface area contributed by atoms with Crippen LogP contribution in [0.15, 0.2) is 30.3 Å². The predicted octanol–water partition coefficient (Wildman–Crippen LogP) is 3.22. The Morgan fingerprint density at radius 3 is 2.62 bits per heavy atom. The molecule has 6 heteroatoms. The first-order valence-electron chi connectivity index (χ1n) is 6.36. The third-order valence-electron chi connectivity index (χ3n) is 3.21. The first-order valence-corrected chi connectivity index (χ1v) is 7.17. The Bertz CT molecular complexity index is 845. The number of nitriles is 1. The Balaban J connectivity index is 2.12. The first-order chi connectivity index (χ1) is 10.1. The van der Waals surface area contributed by atoms with Gasteiger partial charge in [-0.2, -0.15) is 10.2 Å². The second-order valence-electron chi connectivity index (χ2n) is 4.70. The van der Waals surface area contributed by atoms with Gasteiger partial charge in [0.2, 0.25) is 5.95 Å². The van der Waals surface area contributed by atoms with Crippen molar-refractivity contribution in [1.82, 2.24) is 9.97 Å². The summed E-state index contributed by atoms with van der Waals surface area (Å²) in [6.45, 7) is 2.04. The Kier molecular flexibility index (Phi) is 3.20. The number of benzene rings is 1. The average Bonchev–Trinajstić information content (AvgIpc) is 2.85. The number of aromatic nitrogens is 2. The van der Waals surface area contributed by atoms with Gasteiger partial charge in [0.25, 0.3) is 0 Å². The Morgan fingerprint density at radius 1 is 1.24 bits per heavy atom. The van der Waals surface area contributed by atoms with E-state index in [9.17, 15) is 0 Å². The summed E-state index contributed by atoms with van der Waals surface area (Å²) in [6.07, 6.45) is 0. The van der Waals surface area contributed by atoms with Crippen LogP contribution in [-0.2, 0) is 0 Å². The molecular formula is C15H13N5S. The number of fused-ring (bicyclic) bond motifs is 1. The van der Waals surface area contributed by atoms with Crippen LogP contribution in [0.2, 0.25) is 0 Å². The number of nitrogens with two attached hydrogens (primary N) is 1. The number of rotatable bonds is 2. The van der Waals surface area contributed by atoms with Gasteiger partial charge in [-0.1, -0.05) is 0 Å². The zero-order chi connectivity index (χ0) is 15.0. The largest absolute Gasteiger partial charge is 0.368 e. The molecule has 2 heterocycles. The first kappa shape index (κ1) is 13.3. The van der Waals surface area contributed by atoms with Crippen LogP contribution in [0.25, 0.3) is 10.2 Å². The molecule has 0 aliphatic heterocycles. The van der Waals surface area contributed by atoms with E-state index >= 15 is 0 Å². The van der Waals surface area contributed by atoms with Crippen LogP contribution < -0.4 is 10.6 Å². The molecule has 5 nitrogen and oxygen atoms in total. The molecule has 104 valence electrons. The zero-order valence-electron chi connectivity index (χ0n) is 11.7. The molecule has 0 saturated heterocycles. The van der Waals surface area contributed by atoms with Crippen molar-refractivity contribution in [3.8, 4) is 6.07 Å². The van der Waals surface area contributed by atoms with Crippen LogP contribution in [0.4, 0.5) is 17.5 Å². The van der Waals surface area contributed by atoms with Gasteiger partial charge in [-0.3, -0.25) is 0 Å². The highest BCUT2D eigenvalue weighted by Gasteiger charge is 2.14. The highest BCUT2D eigenvalue weighted by Crippen LogP contribution is 2.33. The molecule has 1 aromatic carbocycles. The summed E-state index contributed by atoms with van der Waals surface area (Å²) in [4.78, 5) is 12.6. The molecule has 2 N–H and O–H groups in total. The number of hydrogen-bond acceptors (Lipinski definition) is 6. The van der Waals surface area contributed by atoms with Crippen molar-refractivity contribution in [1.29, 1.82) is 5.26 Å². The topological polar surface area (TPSA) is 78.8 Å². The normalized spacial score (nSPS) is 10.5. The third kappa shape index (κ3) is 2.39. The van der Waals surface area contributed by atoms with Crippen molar-refractivity contribution in [2.24, 2.45) is 0 Å². The van der Waals surface area contributed by atoms with Crippen molar-refractivity contribution in [3.63, 3.8) is 0 Å². The van der Waals surface area contributed by atoms with Gasteiger partial charge in [-0.25, -0.2) is 4.98 Å². The van der Waals surface area contributed by atoms with E-state index in [1.54, 1.807) is 23.5 Å². The van der Waals surface area contributed by atoms with Gasteiger partial charge in [0.05, 0.1) is 17.0 Å². The quantitative estimate of drug-likeness (QED) is 0.785. The van der Waals surface area contributed by atoms with E-state index < -0.39 is 0 Å². The van der Waals surface area contributed by atoms with E-state index in [0.717, 1.165) is 21.7 Å². The van der Waals surface area contributed by atoms with Gasteiger partial charge in [0.1, 0.15) is 10.6 Å². The lowest BCUT2D eigenvalue weighted by Gasteiger charge is -2.19. The molecular weight excluding hydrogens is 282 g/mol. The molecule has 0 aliphatic rings. The molecule has 0 saturated carbocycles. The summed E-state index contributed by atoms with van der Waals surface area (Å²) < 4.78 is 0. The van der Waals surface area contributed by atoms with Crippen molar-refractivity contribution >= 4 is 39.0 Å². The molecule has 21 heavy (non-hydrogen) atoms. The van der Waals surface area contributed by atoms with Gasteiger partial charge >= 0.3 is 0 Å². The van der Waals surface area contributed by atoms with Crippen molar-refractivity contribution in [2.75, 3.05) is 17.7 Å². The Hall–Kier alpha value is -2.65.